The number of hydrogen-bond acceptors (Lipinski definition) is 1. The topological polar surface area (TPSA) is 12.0 Å². The first kappa shape index (κ1) is 14.6. The van der Waals surface area contributed by atoms with E-state index in [1.807, 2.05) is 25.2 Å². The Kier molecular flexibility index (Phi) is 5.44. The van der Waals surface area contributed by atoms with E-state index < -0.39 is 0 Å². The molecule has 1 N–H and O–H groups in total. The summed E-state index contributed by atoms with van der Waals surface area (Å²) in [6, 6.07) is 16.6. The van der Waals surface area contributed by atoms with Crippen molar-refractivity contribution < 1.29 is 0 Å². The molecule has 19 heavy (non-hydrogen) atoms. The largest absolute Gasteiger partial charge is 0.319 e. The van der Waals surface area contributed by atoms with Crippen LogP contribution in [-0.4, -0.2) is 13.6 Å². The fourth-order valence-electron chi connectivity index (χ4n) is 2.26. The Morgan fingerprint density at radius 1 is 1.16 bits per heavy atom. The average Bonchev–Trinajstić information content (AvgIpc) is 2.38. The van der Waals surface area contributed by atoms with Gasteiger partial charge in [0.15, 0.2) is 0 Å². The Bertz CT molecular complexity index is 542. The van der Waals surface area contributed by atoms with Crippen LogP contribution in [-0.2, 0) is 6.42 Å². The molecule has 0 aliphatic heterocycles. The zero-order chi connectivity index (χ0) is 13.7. The molecular weight excluding hydrogens is 322 g/mol. The number of halogens is 2. The zero-order valence-electron chi connectivity index (χ0n) is 10.9. The van der Waals surface area contributed by atoms with Gasteiger partial charge < -0.3 is 5.32 Å². The Labute approximate surface area is 128 Å². The van der Waals surface area contributed by atoms with Crippen molar-refractivity contribution in [1.29, 1.82) is 0 Å². The lowest BCUT2D eigenvalue weighted by Gasteiger charge is -2.17. The van der Waals surface area contributed by atoms with E-state index >= 15 is 0 Å². The van der Waals surface area contributed by atoms with Gasteiger partial charge in [-0.15, -0.1) is 0 Å². The van der Waals surface area contributed by atoms with Gasteiger partial charge in [-0.1, -0.05) is 51.8 Å². The van der Waals surface area contributed by atoms with Crippen molar-refractivity contribution in [1.82, 2.24) is 5.32 Å². The molecule has 1 atom stereocenters. The number of hydrogen-bond donors (Lipinski definition) is 1. The highest BCUT2D eigenvalue weighted by atomic mass is 79.9. The van der Waals surface area contributed by atoms with E-state index in [4.69, 9.17) is 11.6 Å². The van der Waals surface area contributed by atoms with E-state index in [0.717, 1.165) is 22.5 Å². The van der Waals surface area contributed by atoms with Crippen LogP contribution in [0.4, 0.5) is 0 Å². The van der Waals surface area contributed by atoms with Crippen molar-refractivity contribution in [2.45, 2.75) is 12.3 Å². The highest BCUT2D eigenvalue weighted by Gasteiger charge is 2.12. The highest BCUT2D eigenvalue weighted by Crippen LogP contribution is 2.24. The summed E-state index contributed by atoms with van der Waals surface area (Å²) in [4.78, 5) is 0. The van der Waals surface area contributed by atoms with E-state index in [2.05, 4.69) is 51.6 Å². The first-order valence-corrected chi connectivity index (χ1v) is 7.50. The SMILES string of the molecule is CNCC(Cc1cccc(Cl)c1)c1cccc(Br)c1. The number of nitrogens with one attached hydrogen (secondary N) is 1. The Balaban J connectivity index is 2.21. The quantitative estimate of drug-likeness (QED) is 0.837. The van der Waals surface area contributed by atoms with Crippen LogP contribution in [0.15, 0.2) is 53.0 Å². The molecule has 0 heterocycles. The van der Waals surface area contributed by atoms with Gasteiger partial charge in [-0.3, -0.25) is 0 Å². The average molecular weight is 339 g/mol. The second-order valence-corrected chi connectivity index (χ2v) is 6.00. The minimum absolute atomic E-state index is 0.445. The third-order valence-corrected chi connectivity index (χ3v) is 3.87. The fraction of sp³-hybridized carbons (Fsp3) is 0.250. The fourth-order valence-corrected chi connectivity index (χ4v) is 2.89. The highest BCUT2D eigenvalue weighted by molar-refractivity contribution is 9.10. The molecule has 0 radical (unpaired) electrons. The second kappa shape index (κ2) is 7.09. The molecule has 0 aliphatic rings. The lowest BCUT2D eigenvalue weighted by atomic mass is 9.92. The molecule has 0 amide bonds. The van der Waals surface area contributed by atoms with E-state index in [-0.39, 0.29) is 0 Å². The van der Waals surface area contributed by atoms with Gasteiger partial charge in [-0.05, 0) is 48.9 Å². The van der Waals surface area contributed by atoms with Gasteiger partial charge in [0.05, 0.1) is 0 Å². The van der Waals surface area contributed by atoms with Crippen molar-refractivity contribution in [3.63, 3.8) is 0 Å². The molecule has 2 aromatic carbocycles. The van der Waals surface area contributed by atoms with E-state index in [0.29, 0.717) is 5.92 Å². The lowest BCUT2D eigenvalue weighted by Crippen LogP contribution is -2.19. The van der Waals surface area contributed by atoms with Gasteiger partial charge in [0, 0.05) is 22.0 Å². The van der Waals surface area contributed by atoms with Gasteiger partial charge in [0.2, 0.25) is 0 Å². The number of likely N-dealkylation sites (N-methyl/N-ethyl adjacent to an activating group) is 1. The van der Waals surface area contributed by atoms with Crippen LogP contribution in [0.2, 0.25) is 5.02 Å². The summed E-state index contributed by atoms with van der Waals surface area (Å²) in [5.41, 5.74) is 2.61. The predicted molar refractivity (Wildman–Crippen MR) is 86.0 cm³/mol. The van der Waals surface area contributed by atoms with Crippen molar-refractivity contribution in [2.75, 3.05) is 13.6 Å². The molecule has 3 heteroatoms. The predicted octanol–water partition coefficient (Wildman–Crippen LogP) is 4.65. The van der Waals surface area contributed by atoms with E-state index in [9.17, 15) is 0 Å². The standard InChI is InChI=1S/C16H17BrClN/c1-19-11-14(13-5-3-6-15(17)10-13)8-12-4-2-7-16(18)9-12/h2-7,9-10,14,19H,8,11H2,1H3. The van der Waals surface area contributed by atoms with E-state index in [1.54, 1.807) is 0 Å². The Morgan fingerprint density at radius 2 is 1.95 bits per heavy atom. The van der Waals surface area contributed by atoms with Crippen LogP contribution in [0.25, 0.3) is 0 Å². The first-order valence-electron chi connectivity index (χ1n) is 6.33. The van der Waals surface area contributed by atoms with Gasteiger partial charge in [0.25, 0.3) is 0 Å². The van der Waals surface area contributed by atoms with Crippen LogP contribution in [0.5, 0.6) is 0 Å². The third kappa shape index (κ3) is 4.34. The number of benzene rings is 2. The molecule has 0 aliphatic carbocycles. The van der Waals surface area contributed by atoms with Crippen molar-refractivity contribution in [3.8, 4) is 0 Å². The molecule has 0 saturated carbocycles. The van der Waals surface area contributed by atoms with E-state index in [1.165, 1.54) is 11.1 Å². The summed E-state index contributed by atoms with van der Waals surface area (Å²) in [5, 5.41) is 4.07. The zero-order valence-corrected chi connectivity index (χ0v) is 13.2. The lowest BCUT2D eigenvalue weighted by molar-refractivity contribution is 0.625. The summed E-state index contributed by atoms with van der Waals surface area (Å²) in [6.07, 6.45) is 0.984. The third-order valence-electron chi connectivity index (χ3n) is 3.14. The molecule has 2 rings (SSSR count). The van der Waals surface area contributed by atoms with Gasteiger partial charge in [0.1, 0.15) is 0 Å². The van der Waals surface area contributed by atoms with Crippen LogP contribution in [0.3, 0.4) is 0 Å². The van der Waals surface area contributed by atoms with Gasteiger partial charge >= 0.3 is 0 Å². The summed E-state index contributed by atoms with van der Waals surface area (Å²) >= 11 is 9.59. The minimum atomic E-state index is 0.445. The number of rotatable bonds is 5. The summed E-state index contributed by atoms with van der Waals surface area (Å²) in [5.74, 6) is 0.445. The normalized spacial score (nSPS) is 12.4. The molecule has 0 spiro atoms. The smallest absolute Gasteiger partial charge is 0.0408 e. The minimum Gasteiger partial charge on any atom is -0.319 e. The molecule has 0 aromatic heterocycles. The summed E-state index contributed by atoms with van der Waals surface area (Å²) in [7, 11) is 1.99. The molecule has 2 aromatic rings. The second-order valence-electron chi connectivity index (χ2n) is 4.64. The maximum atomic E-state index is 6.05. The van der Waals surface area contributed by atoms with Crippen LogP contribution in [0, 0.1) is 0 Å². The Hall–Kier alpha value is -0.830. The summed E-state index contributed by atoms with van der Waals surface area (Å²) < 4.78 is 1.12. The van der Waals surface area contributed by atoms with Crippen LogP contribution in [0.1, 0.15) is 17.0 Å². The van der Waals surface area contributed by atoms with Crippen molar-refractivity contribution >= 4 is 27.5 Å². The Morgan fingerprint density at radius 3 is 2.63 bits per heavy atom. The first-order chi connectivity index (χ1) is 9.19. The summed E-state index contributed by atoms with van der Waals surface area (Å²) in [6.45, 7) is 0.947. The molecule has 0 bridgehead atoms. The molecule has 100 valence electrons. The van der Waals surface area contributed by atoms with Crippen LogP contribution >= 0.6 is 27.5 Å². The van der Waals surface area contributed by atoms with Gasteiger partial charge in [-0.25, -0.2) is 0 Å². The molecule has 1 nitrogen and oxygen atoms in total. The van der Waals surface area contributed by atoms with Gasteiger partial charge in [-0.2, -0.15) is 0 Å². The monoisotopic (exact) mass is 337 g/mol. The van der Waals surface area contributed by atoms with Crippen molar-refractivity contribution in [3.05, 3.63) is 69.2 Å². The molecule has 0 fully saturated rings. The maximum absolute atomic E-state index is 6.05. The van der Waals surface area contributed by atoms with Crippen LogP contribution < -0.4 is 5.32 Å². The molecular formula is C16H17BrClN. The maximum Gasteiger partial charge on any atom is 0.0408 e. The molecule has 1 unspecified atom stereocenters. The molecule has 0 saturated heterocycles. The van der Waals surface area contributed by atoms with Crippen molar-refractivity contribution in [2.24, 2.45) is 0 Å².